The van der Waals surface area contributed by atoms with E-state index in [0.717, 1.165) is 25.7 Å². The first-order valence-corrected chi connectivity index (χ1v) is 6.27. The van der Waals surface area contributed by atoms with Crippen LogP contribution in [-0.4, -0.2) is 5.78 Å². The molecular weight excluding hydrogens is 196 g/mol. The van der Waals surface area contributed by atoms with Crippen molar-refractivity contribution in [2.24, 2.45) is 5.41 Å². The molecule has 0 radical (unpaired) electrons. The Labute approximate surface area is 96.9 Å². The minimum atomic E-state index is 0.435. The Balaban J connectivity index is 1.87. The van der Waals surface area contributed by atoms with Crippen molar-refractivity contribution in [2.45, 2.75) is 45.4 Å². The molecule has 3 rings (SSSR count). The van der Waals surface area contributed by atoms with Crippen LogP contribution in [-0.2, 0) is 17.6 Å². The average Bonchev–Trinajstić information content (AvgIpc) is 2.60. The predicted molar refractivity (Wildman–Crippen MR) is 64.5 cm³/mol. The van der Waals surface area contributed by atoms with Crippen LogP contribution in [0.3, 0.4) is 0 Å². The number of aryl methyl sites for hydroxylation is 1. The minimum absolute atomic E-state index is 0.435. The Hall–Kier alpha value is -1.11. The van der Waals surface area contributed by atoms with Crippen LogP contribution in [0.25, 0.3) is 0 Å². The maximum atomic E-state index is 11.3. The molecule has 0 bridgehead atoms. The normalized spacial score (nSPS) is 22.4. The minimum Gasteiger partial charge on any atom is -0.300 e. The van der Waals surface area contributed by atoms with Crippen molar-refractivity contribution in [3.63, 3.8) is 0 Å². The number of carbonyl (C=O) groups excluding carboxylic acids is 1. The zero-order valence-electron chi connectivity index (χ0n) is 9.88. The summed E-state index contributed by atoms with van der Waals surface area (Å²) in [6.07, 6.45) is 6.26. The van der Waals surface area contributed by atoms with Gasteiger partial charge in [-0.25, -0.2) is 0 Å². The monoisotopic (exact) mass is 214 g/mol. The van der Waals surface area contributed by atoms with Crippen molar-refractivity contribution < 1.29 is 4.79 Å². The van der Waals surface area contributed by atoms with E-state index in [9.17, 15) is 4.79 Å². The van der Waals surface area contributed by atoms with Crippen LogP contribution in [0.2, 0.25) is 0 Å². The van der Waals surface area contributed by atoms with E-state index in [1.165, 1.54) is 29.5 Å². The number of hydrogen-bond acceptors (Lipinski definition) is 1. The van der Waals surface area contributed by atoms with Crippen LogP contribution < -0.4 is 0 Å². The summed E-state index contributed by atoms with van der Waals surface area (Å²) in [5, 5.41) is 0. The van der Waals surface area contributed by atoms with E-state index in [1.807, 2.05) is 0 Å². The fourth-order valence-corrected chi connectivity index (χ4v) is 3.37. The number of rotatable bonds is 0. The summed E-state index contributed by atoms with van der Waals surface area (Å²) < 4.78 is 0. The van der Waals surface area contributed by atoms with Crippen molar-refractivity contribution in [1.82, 2.24) is 0 Å². The van der Waals surface area contributed by atoms with Crippen molar-refractivity contribution in [1.29, 1.82) is 0 Å². The number of carbonyl (C=O) groups is 1. The van der Waals surface area contributed by atoms with E-state index in [0.29, 0.717) is 11.2 Å². The highest BCUT2D eigenvalue weighted by atomic mass is 16.1. The van der Waals surface area contributed by atoms with Crippen LogP contribution in [0.4, 0.5) is 0 Å². The van der Waals surface area contributed by atoms with Crippen LogP contribution in [0.1, 0.15) is 42.4 Å². The van der Waals surface area contributed by atoms with E-state index >= 15 is 0 Å². The van der Waals surface area contributed by atoms with Gasteiger partial charge in [-0.3, -0.25) is 4.79 Å². The first kappa shape index (κ1) is 10.1. The summed E-state index contributed by atoms with van der Waals surface area (Å²) in [7, 11) is 0. The second-order valence-electron chi connectivity index (χ2n) is 5.66. The van der Waals surface area contributed by atoms with E-state index in [1.54, 1.807) is 0 Å². The zero-order chi connectivity index (χ0) is 11.2. The topological polar surface area (TPSA) is 17.1 Å². The van der Waals surface area contributed by atoms with Gasteiger partial charge < -0.3 is 0 Å². The molecule has 1 fully saturated rings. The Bertz CT molecular complexity index is 435. The molecule has 16 heavy (non-hydrogen) atoms. The highest BCUT2D eigenvalue weighted by molar-refractivity contribution is 5.79. The molecule has 0 heterocycles. The van der Waals surface area contributed by atoms with Gasteiger partial charge >= 0.3 is 0 Å². The van der Waals surface area contributed by atoms with Crippen LogP contribution in [0, 0.1) is 12.3 Å². The molecule has 0 unspecified atom stereocenters. The summed E-state index contributed by atoms with van der Waals surface area (Å²) in [6, 6.07) is 6.84. The SMILES string of the molecule is Cc1ccc2c(c1)CC1(CCC(=O)CC1)C2. The van der Waals surface area contributed by atoms with Crippen molar-refractivity contribution in [3.05, 3.63) is 34.9 Å². The molecule has 0 aliphatic heterocycles. The molecule has 2 aliphatic carbocycles. The Kier molecular flexibility index (Phi) is 2.17. The smallest absolute Gasteiger partial charge is 0.132 e. The number of hydrogen-bond donors (Lipinski definition) is 0. The third-order valence-electron chi connectivity index (χ3n) is 4.36. The quantitative estimate of drug-likeness (QED) is 0.648. The summed E-state index contributed by atoms with van der Waals surface area (Å²) in [5.41, 5.74) is 4.86. The van der Waals surface area contributed by atoms with Gasteiger partial charge in [0.25, 0.3) is 0 Å². The number of Topliss-reactive ketones (excluding diaryl/α,β-unsaturated/α-hetero) is 1. The molecule has 0 aromatic heterocycles. The molecule has 1 saturated carbocycles. The first-order valence-electron chi connectivity index (χ1n) is 6.27. The second kappa shape index (κ2) is 3.44. The molecule has 1 aromatic rings. The first-order chi connectivity index (χ1) is 7.67. The van der Waals surface area contributed by atoms with Crippen LogP contribution in [0.15, 0.2) is 18.2 Å². The highest BCUT2D eigenvalue weighted by Crippen LogP contribution is 2.46. The van der Waals surface area contributed by atoms with Gasteiger partial charge in [-0.05, 0) is 49.1 Å². The predicted octanol–water partition coefficient (Wildman–Crippen LogP) is 3.22. The molecule has 2 aliphatic rings. The zero-order valence-corrected chi connectivity index (χ0v) is 9.88. The lowest BCUT2D eigenvalue weighted by molar-refractivity contribution is -0.122. The van der Waals surface area contributed by atoms with E-state index < -0.39 is 0 Å². The molecule has 0 atom stereocenters. The standard InChI is InChI=1S/C15H18O/c1-11-2-3-12-9-15(10-13(12)8-11)6-4-14(16)5-7-15/h2-3,8H,4-7,9-10H2,1H3. The lowest BCUT2D eigenvalue weighted by atomic mass is 9.72. The van der Waals surface area contributed by atoms with Gasteiger partial charge in [0, 0.05) is 12.8 Å². The van der Waals surface area contributed by atoms with Gasteiger partial charge in [0.05, 0.1) is 0 Å². The van der Waals surface area contributed by atoms with E-state index in [4.69, 9.17) is 0 Å². The van der Waals surface area contributed by atoms with Gasteiger partial charge in [-0.2, -0.15) is 0 Å². The molecular formula is C15H18O. The Morgan fingerprint density at radius 1 is 1.06 bits per heavy atom. The molecule has 0 amide bonds. The van der Waals surface area contributed by atoms with Crippen LogP contribution >= 0.6 is 0 Å². The van der Waals surface area contributed by atoms with Crippen molar-refractivity contribution in [2.75, 3.05) is 0 Å². The lowest BCUT2D eigenvalue weighted by Gasteiger charge is -2.32. The molecule has 0 saturated heterocycles. The summed E-state index contributed by atoms with van der Waals surface area (Å²) in [6.45, 7) is 2.16. The fourth-order valence-electron chi connectivity index (χ4n) is 3.37. The largest absolute Gasteiger partial charge is 0.300 e. The van der Waals surface area contributed by atoms with Gasteiger partial charge in [-0.1, -0.05) is 23.8 Å². The lowest BCUT2D eigenvalue weighted by Crippen LogP contribution is -2.28. The van der Waals surface area contributed by atoms with Gasteiger partial charge in [0.1, 0.15) is 5.78 Å². The van der Waals surface area contributed by atoms with E-state index in [-0.39, 0.29) is 0 Å². The average molecular weight is 214 g/mol. The molecule has 1 heteroatoms. The molecule has 0 N–H and O–H groups in total. The number of benzene rings is 1. The Morgan fingerprint density at radius 3 is 2.50 bits per heavy atom. The van der Waals surface area contributed by atoms with Gasteiger partial charge in [0.15, 0.2) is 0 Å². The number of ketones is 1. The maximum absolute atomic E-state index is 11.3. The number of fused-ring (bicyclic) bond motifs is 1. The molecule has 1 aromatic carbocycles. The summed E-state index contributed by atoms with van der Waals surface area (Å²) in [5.74, 6) is 0.470. The van der Waals surface area contributed by atoms with Crippen molar-refractivity contribution in [3.8, 4) is 0 Å². The maximum Gasteiger partial charge on any atom is 0.132 e. The Morgan fingerprint density at radius 2 is 1.75 bits per heavy atom. The molecule has 84 valence electrons. The van der Waals surface area contributed by atoms with Gasteiger partial charge in [-0.15, -0.1) is 0 Å². The second-order valence-corrected chi connectivity index (χ2v) is 5.66. The molecule has 1 nitrogen and oxygen atoms in total. The highest BCUT2D eigenvalue weighted by Gasteiger charge is 2.39. The van der Waals surface area contributed by atoms with Crippen molar-refractivity contribution >= 4 is 5.78 Å². The third-order valence-corrected chi connectivity index (χ3v) is 4.36. The van der Waals surface area contributed by atoms with E-state index in [2.05, 4.69) is 25.1 Å². The molecule has 1 spiro atoms. The summed E-state index contributed by atoms with van der Waals surface area (Å²) in [4.78, 5) is 11.3. The third kappa shape index (κ3) is 1.59. The fraction of sp³-hybridized carbons (Fsp3) is 0.533. The van der Waals surface area contributed by atoms with Crippen LogP contribution in [0.5, 0.6) is 0 Å². The van der Waals surface area contributed by atoms with Gasteiger partial charge in [0.2, 0.25) is 0 Å². The summed E-state index contributed by atoms with van der Waals surface area (Å²) >= 11 is 0.